The van der Waals surface area contributed by atoms with E-state index < -0.39 is 16.0 Å². The lowest BCUT2D eigenvalue weighted by atomic mass is 10.0. The molecule has 0 radical (unpaired) electrons. The van der Waals surface area contributed by atoms with E-state index in [1.54, 1.807) is 0 Å². The highest BCUT2D eigenvalue weighted by Gasteiger charge is 2.31. The van der Waals surface area contributed by atoms with E-state index in [1.165, 1.54) is 28.8 Å². The molecule has 1 unspecified atom stereocenters. The van der Waals surface area contributed by atoms with Crippen molar-refractivity contribution < 1.29 is 22.4 Å². The number of hydrogen-bond donors (Lipinski definition) is 0. The third-order valence-corrected chi connectivity index (χ3v) is 7.67. The topological polar surface area (TPSA) is 89.7 Å². The molecule has 3 aromatic rings. The van der Waals surface area contributed by atoms with Crippen LogP contribution in [0.2, 0.25) is 5.02 Å². The first-order valence-electron chi connectivity index (χ1n) is 10.3. The highest BCUT2D eigenvalue weighted by molar-refractivity contribution is 7.89. The standard InChI is InChI=1S/C23H23ClN2O5S/c1-16-6-5-11-26(13-16)32(28,29)21-12-18(9-10-20(21)24)23(27)31-15-19-14-30-22(25-19)17-7-3-2-4-8-17/h2-4,7-10,12,14,16H,5-6,11,13,15H2,1H3. The van der Waals surface area contributed by atoms with Gasteiger partial charge in [-0.2, -0.15) is 4.31 Å². The number of aromatic nitrogens is 1. The van der Waals surface area contributed by atoms with E-state index in [2.05, 4.69) is 4.98 Å². The number of benzene rings is 2. The number of ether oxygens (including phenoxy) is 1. The molecule has 4 rings (SSSR count). The van der Waals surface area contributed by atoms with E-state index in [1.807, 2.05) is 37.3 Å². The minimum Gasteiger partial charge on any atom is -0.455 e. The molecule has 0 N–H and O–H groups in total. The summed E-state index contributed by atoms with van der Waals surface area (Å²) in [6.07, 6.45) is 3.20. The van der Waals surface area contributed by atoms with E-state index in [0.29, 0.717) is 24.7 Å². The largest absolute Gasteiger partial charge is 0.455 e. The highest BCUT2D eigenvalue weighted by atomic mass is 35.5. The Hall–Kier alpha value is -2.68. The molecule has 0 spiro atoms. The maximum atomic E-state index is 13.1. The van der Waals surface area contributed by atoms with Crippen LogP contribution in [-0.2, 0) is 21.4 Å². The van der Waals surface area contributed by atoms with Crippen molar-refractivity contribution >= 4 is 27.6 Å². The number of esters is 1. The van der Waals surface area contributed by atoms with Crippen LogP contribution in [0.1, 0.15) is 35.8 Å². The SMILES string of the molecule is CC1CCCN(S(=O)(=O)c2cc(C(=O)OCc3coc(-c4ccccc4)n3)ccc2Cl)C1. The van der Waals surface area contributed by atoms with Gasteiger partial charge in [0.2, 0.25) is 15.9 Å². The average Bonchev–Trinajstić information content (AvgIpc) is 3.27. The lowest BCUT2D eigenvalue weighted by molar-refractivity contribution is 0.0467. The van der Waals surface area contributed by atoms with Gasteiger partial charge in [0.15, 0.2) is 0 Å². The molecule has 1 atom stereocenters. The summed E-state index contributed by atoms with van der Waals surface area (Å²) in [5, 5.41) is 0.0729. The first-order chi connectivity index (χ1) is 15.3. The lowest BCUT2D eigenvalue weighted by Gasteiger charge is -2.30. The van der Waals surface area contributed by atoms with Gasteiger partial charge in [-0.15, -0.1) is 0 Å². The van der Waals surface area contributed by atoms with Gasteiger partial charge in [0.1, 0.15) is 23.5 Å². The third-order valence-electron chi connectivity index (χ3n) is 5.33. The summed E-state index contributed by atoms with van der Waals surface area (Å²) >= 11 is 6.19. The molecule has 7 nitrogen and oxygen atoms in total. The van der Waals surface area contributed by atoms with Crippen molar-refractivity contribution in [3.63, 3.8) is 0 Å². The molecule has 32 heavy (non-hydrogen) atoms. The smallest absolute Gasteiger partial charge is 0.338 e. The number of piperidine rings is 1. The Morgan fingerprint density at radius 1 is 1.25 bits per heavy atom. The van der Waals surface area contributed by atoms with E-state index in [9.17, 15) is 13.2 Å². The maximum absolute atomic E-state index is 13.1. The summed E-state index contributed by atoms with van der Waals surface area (Å²) < 4.78 is 38.4. The molecular weight excluding hydrogens is 452 g/mol. The van der Waals surface area contributed by atoms with Crippen LogP contribution in [0.25, 0.3) is 11.5 Å². The van der Waals surface area contributed by atoms with Crippen LogP contribution in [-0.4, -0.2) is 36.8 Å². The van der Waals surface area contributed by atoms with Crippen LogP contribution in [0.15, 0.2) is 64.1 Å². The van der Waals surface area contributed by atoms with Gasteiger partial charge in [-0.25, -0.2) is 18.2 Å². The molecule has 1 fully saturated rings. The van der Waals surface area contributed by atoms with Crippen LogP contribution in [0, 0.1) is 5.92 Å². The first-order valence-corrected chi connectivity index (χ1v) is 12.1. The van der Waals surface area contributed by atoms with Gasteiger partial charge in [0, 0.05) is 18.7 Å². The number of carbonyl (C=O) groups is 1. The molecule has 1 aliphatic heterocycles. The van der Waals surface area contributed by atoms with Crippen molar-refractivity contribution in [2.45, 2.75) is 31.3 Å². The zero-order chi connectivity index (χ0) is 22.7. The van der Waals surface area contributed by atoms with Crippen LogP contribution >= 0.6 is 11.6 Å². The Labute approximate surface area is 192 Å². The number of rotatable bonds is 6. The molecule has 1 saturated heterocycles. The van der Waals surface area contributed by atoms with Crippen molar-refractivity contribution in [3.05, 3.63) is 71.1 Å². The van der Waals surface area contributed by atoms with Crippen molar-refractivity contribution in [2.75, 3.05) is 13.1 Å². The van der Waals surface area contributed by atoms with E-state index in [-0.39, 0.29) is 28.0 Å². The molecule has 2 heterocycles. The first kappa shape index (κ1) is 22.5. The van der Waals surface area contributed by atoms with Crippen molar-refractivity contribution in [1.82, 2.24) is 9.29 Å². The van der Waals surface area contributed by atoms with Crippen LogP contribution in [0.4, 0.5) is 0 Å². The Kier molecular flexibility index (Phi) is 6.64. The second kappa shape index (κ2) is 9.44. The maximum Gasteiger partial charge on any atom is 0.338 e. The molecule has 168 valence electrons. The van der Waals surface area contributed by atoms with Crippen LogP contribution in [0.3, 0.4) is 0 Å². The Balaban J connectivity index is 1.47. The molecule has 2 aromatic carbocycles. The van der Waals surface area contributed by atoms with E-state index in [0.717, 1.165) is 18.4 Å². The summed E-state index contributed by atoms with van der Waals surface area (Å²) in [6.45, 7) is 2.78. The van der Waals surface area contributed by atoms with Crippen molar-refractivity contribution in [3.8, 4) is 11.5 Å². The molecular formula is C23H23ClN2O5S. The zero-order valence-corrected chi connectivity index (χ0v) is 19.1. The predicted molar refractivity (Wildman–Crippen MR) is 120 cm³/mol. The molecule has 0 saturated carbocycles. The summed E-state index contributed by atoms with van der Waals surface area (Å²) in [5.41, 5.74) is 1.36. The summed E-state index contributed by atoms with van der Waals surface area (Å²) in [7, 11) is -3.81. The minimum absolute atomic E-state index is 0.0729. The fourth-order valence-electron chi connectivity index (χ4n) is 3.64. The van der Waals surface area contributed by atoms with Crippen molar-refractivity contribution in [1.29, 1.82) is 0 Å². The predicted octanol–water partition coefficient (Wildman–Crippen LogP) is 4.77. The Morgan fingerprint density at radius 2 is 2.03 bits per heavy atom. The molecule has 0 amide bonds. The number of carbonyl (C=O) groups excluding carboxylic acids is 1. The monoisotopic (exact) mass is 474 g/mol. The fourth-order valence-corrected chi connectivity index (χ4v) is 5.74. The second-order valence-corrected chi connectivity index (χ2v) is 10.2. The van der Waals surface area contributed by atoms with Gasteiger partial charge < -0.3 is 9.15 Å². The highest BCUT2D eigenvalue weighted by Crippen LogP contribution is 2.29. The Morgan fingerprint density at radius 3 is 2.78 bits per heavy atom. The average molecular weight is 475 g/mol. The van der Waals surface area contributed by atoms with Gasteiger partial charge >= 0.3 is 5.97 Å². The van der Waals surface area contributed by atoms with Gasteiger partial charge in [-0.3, -0.25) is 0 Å². The third kappa shape index (κ3) is 4.87. The van der Waals surface area contributed by atoms with Crippen LogP contribution in [0.5, 0.6) is 0 Å². The lowest BCUT2D eigenvalue weighted by Crippen LogP contribution is -2.39. The summed E-state index contributed by atoms with van der Waals surface area (Å²) in [6, 6.07) is 13.5. The molecule has 0 bridgehead atoms. The molecule has 9 heteroatoms. The normalized spacial score (nSPS) is 17.2. The van der Waals surface area contributed by atoms with Gasteiger partial charge in [-0.1, -0.05) is 36.7 Å². The zero-order valence-electron chi connectivity index (χ0n) is 17.5. The van der Waals surface area contributed by atoms with E-state index in [4.69, 9.17) is 20.8 Å². The number of oxazole rings is 1. The van der Waals surface area contributed by atoms with Gasteiger partial charge in [0.25, 0.3) is 0 Å². The summed E-state index contributed by atoms with van der Waals surface area (Å²) in [5.74, 6) is 0.0235. The van der Waals surface area contributed by atoms with Crippen LogP contribution < -0.4 is 0 Å². The van der Waals surface area contributed by atoms with Crippen molar-refractivity contribution in [2.24, 2.45) is 5.92 Å². The summed E-state index contributed by atoms with van der Waals surface area (Å²) in [4.78, 5) is 16.8. The fraction of sp³-hybridized carbons (Fsp3) is 0.304. The Bertz CT molecular complexity index is 1210. The number of nitrogens with zero attached hydrogens (tertiary/aromatic N) is 2. The minimum atomic E-state index is -3.81. The van der Waals surface area contributed by atoms with Gasteiger partial charge in [0.05, 0.1) is 10.6 Å². The molecule has 0 aliphatic carbocycles. The van der Waals surface area contributed by atoms with E-state index >= 15 is 0 Å². The quantitative estimate of drug-likeness (QED) is 0.478. The molecule has 1 aliphatic rings. The number of halogens is 1. The molecule has 1 aromatic heterocycles. The number of sulfonamides is 1. The van der Waals surface area contributed by atoms with Gasteiger partial charge in [-0.05, 0) is 49.1 Å². The number of hydrogen-bond acceptors (Lipinski definition) is 6. The second-order valence-electron chi connectivity index (χ2n) is 7.84.